The van der Waals surface area contributed by atoms with Crippen molar-refractivity contribution >= 4 is 38.1 Å². The second-order valence-corrected chi connectivity index (χ2v) is 7.86. The first-order valence-electron chi connectivity index (χ1n) is 8.03. The lowest BCUT2D eigenvalue weighted by Crippen LogP contribution is -2.44. The molecule has 5 nitrogen and oxygen atoms in total. The fourth-order valence-electron chi connectivity index (χ4n) is 3.24. The fourth-order valence-corrected chi connectivity index (χ4v) is 5.11. The minimum atomic E-state index is -3.87. The van der Waals surface area contributed by atoms with Gasteiger partial charge in [-0.1, -0.05) is 36.4 Å². The highest BCUT2D eigenvalue weighted by Gasteiger charge is 2.40. The minimum absolute atomic E-state index is 0.0108. The molecule has 0 saturated heterocycles. The van der Waals surface area contributed by atoms with Crippen LogP contribution in [0.5, 0.6) is 0 Å². The van der Waals surface area contributed by atoms with Crippen LogP contribution < -0.4 is 9.62 Å². The molecule has 0 spiro atoms. The number of hydrogen-bond acceptors (Lipinski definition) is 3. The number of rotatable bonds is 3. The van der Waals surface area contributed by atoms with Crippen LogP contribution in [0.2, 0.25) is 0 Å². The smallest absolute Gasteiger partial charge is 0.265 e. The highest BCUT2D eigenvalue weighted by Crippen LogP contribution is 2.43. The molecule has 7 heteroatoms. The van der Waals surface area contributed by atoms with Gasteiger partial charge in [-0.05, 0) is 36.6 Å². The van der Waals surface area contributed by atoms with Crippen LogP contribution in [0, 0.1) is 5.82 Å². The lowest BCUT2D eigenvalue weighted by molar-refractivity contribution is -0.116. The van der Waals surface area contributed by atoms with Gasteiger partial charge < -0.3 is 5.32 Å². The Morgan fingerprint density at radius 3 is 2.46 bits per heavy atom. The molecule has 0 aliphatic carbocycles. The SMILES string of the molecule is C[C@H](C(=O)Nc1ccccc1F)N1c2cccc3cccc(c23)S1(=O)=O. The second-order valence-electron chi connectivity index (χ2n) is 6.08. The van der Waals surface area contributed by atoms with Gasteiger partial charge in [0, 0.05) is 5.39 Å². The highest BCUT2D eigenvalue weighted by molar-refractivity contribution is 7.93. The maximum Gasteiger partial charge on any atom is 0.265 e. The summed E-state index contributed by atoms with van der Waals surface area (Å²) in [6, 6.07) is 15.0. The summed E-state index contributed by atoms with van der Waals surface area (Å²) in [6.45, 7) is 1.48. The van der Waals surface area contributed by atoms with E-state index in [2.05, 4.69) is 5.32 Å². The van der Waals surface area contributed by atoms with Gasteiger partial charge in [-0.3, -0.25) is 9.10 Å². The molecule has 26 heavy (non-hydrogen) atoms. The predicted octanol–water partition coefficient (Wildman–Crippen LogP) is 3.51. The van der Waals surface area contributed by atoms with Crippen LogP contribution in [0.1, 0.15) is 6.92 Å². The number of nitrogens with zero attached hydrogens (tertiary/aromatic N) is 1. The summed E-state index contributed by atoms with van der Waals surface area (Å²) in [7, 11) is -3.87. The Labute approximate surface area is 150 Å². The third-order valence-electron chi connectivity index (χ3n) is 4.48. The molecule has 0 aromatic heterocycles. The van der Waals surface area contributed by atoms with Crippen molar-refractivity contribution in [2.75, 3.05) is 9.62 Å². The highest BCUT2D eigenvalue weighted by atomic mass is 32.2. The molecule has 0 fully saturated rings. The van der Waals surface area contributed by atoms with Crippen molar-refractivity contribution in [2.45, 2.75) is 17.9 Å². The first-order valence-corrected chi connectivity index (χ1v) is 9.47. The molecular formula is C19H15FN2O3S. The van der Waals surface area contributed by atoms with Crippen LogP contribution in [0.15, 0.2) is 65.6 Å². The summed E-state index contributed by atoms with van der Waals surface area (Å²) >= 11 is 0. The Hall–Kier alpha value is -2.93. The van der Waals surface area contributed by atoms with Gasteiger partial charge in [-0.2, -0.15) is 0 Å². The first-order chi connectivity index (χ1) is 12.4. The Balaban J connectivity index is 1.75. The molecule has 1 atom stereocenters. The van der Waals surface area contributed by atoms with Gasteiger partial charge in [0.15, 0.2) is 0 Å². The number of hydrogen-bond donors (Lipinski definition) is 1. The van der Waals surface area contributed by atoms with E-state index in [1.807, 2.05) is 12.1 Å². The van der Waals surface area contributed by atoms with E-state index in [1.165, 1.54) is 31.2 Å². The van der Waals surface area contributed by atoms with Crippen molar-refractivity contribution in [3.8, 4) is 0 Å². The molecule has 1 N–H and O–H groups in total. The molecule has 0 saturated carbocycles. The number of halogens is 1. The number of carbonyl (C=O) groups excluding carboxylic acids is 1. The maximum atomic E-state index is 13.8. The van der Waals surface area contributed by atoms with Crippen LogP contribution in [0.4, 0.5) is 15.8 Å². The van der Waals surface area contributed by atoms with Crippen molar-refractivity contribution in [2.24, 2.45) is 0 Å². The number of carbonyl (C=O) groups is 1. The monoisotopic (exact) mass is 370 g/mol. The fraction of sp³-hybridized carbons (Fsp3) is 0.105. The number of para-hydroxylation sites is 1. The molecule has 1 aliphatic rings. The van der Waals surface area contributed by atoms with Gasteiger partial charge in [-0.15, -0.1) is 0 Å². The van der Waals surface area contributed by atoms with E-state index in [0.717, 1.165) is 9.69 Å². The van der Waals surface area contributed by atoms with Gasteiger partial charge in [0.2, 0.25) is 5.91 Å². The van der Waals surface area contributed by atoms with Crippen molar-refractivity contribution in [3.63, 3.8) is 0 Å². The average Bonchev–Trinajstić information content (AvgIpc) is 2.85. The standard InChI is InChI=1S/C19H15FN2O3S/c1-12(19(23)21-15-9-3-2-8-14(15)20)22-16-10-4-6-13-7-5-11-17(18(13)16)26(22,24)25/h2-12H,1H3,(H,21,23)/t12-/m1/s1. The summed E-state index contributed by atoms with van der Waals surface area (Å²) in [5, 5.41) is 3.85. The van der Waals surface area contributed by atoms with E-state index < -0.39 is 27.8 Å². The van der Waals surface area contributed by atoms with Gasteiger partial charge in [-0.25, -0.2) is 12.8 Å². The number of anilines is 2. The normalized spacial score (nSPS) is 15.8. The van der Waals surface area contributed by atoms with Crippen LogP contribution in [-0.4, -0.2) is 20.4 Å². The van der Waals surface area contributed by atoms with Crippen molar-refractivity contribution in [1.82, 2.24) is 0 Å². The van der Waals surface area contributed by atoms with E-state index in [0.29, 0.717) is 11.1 Å². The van der Waals surface area contributed by atoms with E-state index in [9.17, 15) is 17.6 Å². The number of amides is 1. The molecule has 0 unspecified atom stereocenters. The topological polar surface area (TPSA) is 66.5 Å². The summed E-state index contributed by atoms with van der Waals surface area (Å²) in [5.74, 6) is -1.19. The van der Waals surface area contributed by atoms with E-state index >= 15 is 0 Å². The van der Waals surface area contributed by atoms with E-state index in [1.54, 1.807) is 24.3 Å². The molecule has 0 bridgehead atoms. The molecule has 1 aliphatic heterocycles. The lowest BCUT2D eigenvalue weighted by Gasteiger charge is -2.25. The molecule has 1 heterocycles. The maximum absolute atomic E-state index is 13.8. The van der Waals surface area contributed by atoms with Gasteiger partial charge in [0.1, 0.15) is 11.9 Å². The van der Waals surface area contributed by atoms with Crippen molar-refractivity contribution in [3.05, 3.63) is 66.5 Å². The molecular weight excluding hydrogens is 355 g/mol. The Morgan fingerprint density at radius 2 is 1.73 bits per heavy atom. The van der Waals surface area contributed by atoms with Crippen molar-refractivity contribution in [1.29, 1.82) is 0 Å². The van der Waals surface area contributed by atoms with E-state index in [4.69, 9.17) is 0 Å². The zero-order chi connectivity index (χ0) is 18.5. The lowest BCUT2D eigenvalue weighted by atomic mass is 10.1. The van der Waals surface area contributed by atoms with Crippen LogP contribution in [-0.2, 0) is 14.8 Å². The average molecular weight is 370 g/mol. The summed E-state index contributed by atoms with van der Waals surface area (Å²) in [5.41, 5.74) is 0.464. The largest absolute Gasteiger partial charge is 0.322 e. The van der Waals surface area contributed by atoms with Gasteiger partial charge in [0.25, 0.3) is 10.0 Å². The molecule has 4 rings (SSSR count). The quantitative estimate of drug-likeness (QED) is 0.767. The molecule has 3 aromatic rings. The molecule has 132 valence electrons. The number of nitrogens with one attached hydrogen (secondary N) is 1. The first kappa shape index (κ1) is 16.5. The predicted molar refractivity (Wildman–Crippen MR) is 98.1 cm³/mol. The number of benzene rings is 3. The zero-order valence-corrected chi connectivity index (χ0v) is 14.6. The minimum Gasteiger partial charge on any atom is -0.322 e. The van der Waals surface area contributed by atoms with Crippen molar-refractivity contribution < 1.29 is 17.6 Å². The molecule has 1 amide bonds. The van der Waals surface area contributed by atoms with Crippen LogP contribution >= 0.6 is 0 Å². The molecule has 0 radical (unpaired) electrons. The summed E-state index contributed by atoms with van der Waals surface area (Å²) < 4.78 is 40.9. The van der Waals surface area contributed by atoms with E-state index in [-0.39, 0.29) is 10.6 Å². The second kappa shape index (κ2) is 5.81. The Bertz CT molecular complexity index is 1140. The third kappa shape index (κ3) is 2.35. The van der Waals surface area contributed by atoms with Crippen LogP contribution in [0.3, 0.4) is 0 Å². The third-order valence-corrected chi connectivity index (χ3v) is 6.41. The number of sulfonamides is 1. The zero-order valence-electron chi connectivity index (χ0n) is 13.8. The van der Waals surface area contributed by atoms with Gasteiger partial charge >= 0.3 is 0 Å². The van der Waals surface area contributed by atoms with Gasteiger partial charge in [0.05, 0.1) is 16.3 Å². The van der Waals surface area contributed by atoms with Crippen LogP contribution in [0.25, 0.3) is 10.8 Å². The summed E-state index contributed by atoms with van der Waals surface area (Å²) in [4.78, 5) is 12.8. The Morgan fingerprint density at radius 1 is 1.04 bits per heavy atom. The molecule has 3 aromatic carbocycles. The summed E-state index contributed by atoms with van der Waals surface area (Å²) in [6.07, 6.45) is 0. The Kier molecular flexibility index (Phi) is 3.69.